The highest BCUT2D eigenvalue weighted by Gasteiger charge is 2.27. The first kappa shape index (κ1) is 17.9. The standard InChI is InChI=1S/C22H25FN4/c1-16-9-18(10-17-5-3-6-20(23)11-17)12-21(25-16)22-7-4-8-27(22)15-19-13-24-26(2)14-19/h3,5-6,9,11-14,22H,4,7-8,10,15H2,1-2H3/t22-/m1/s1. The molecule has 0 unspecified atom stereocenters. The molecule has 4 rings (SSSR count). The normalized spacial score (nSPS) is 17.5. The van der Waals surface area contributed by atoms with Gasteiger partial charge in [-0.25, -0.2) is 4.39 Å². The first-order valence-electron chi connectivity index (χ1n) is 9.50. The lowest BCUT2D eigenvalue weighted by molar-refractivity contribution is 0.244. The van der Waals surface area contributed by atoms with Crippen LogP contribution < -0.4 is 0 Å². The van der Waals surface area contributed by atoms with Crippen molar-refractivity contribution in [3.63, 3.8) is 0 Å². The number of likely N-dealkylation sites (tertiary alicyclic amines) is 1. The molecule has 0 bridgehead atoms. The summed E-state index contributed by atoms with van der Waals surface area (Å²) in [5.41, 5.74) is 5.56. The van der Waals surface area contributed by atoms with Crippen molar-refractivity contribution >= 4 is 0 Å². The van der Waals surface area contributed by atoms with Crippen molar-refractivity contribution in [1.29, 1.82) is 0 Å². The second-order valence-corrected chi connectivity index (χ2v) is 7.50. The number of hydrogen-bond donors (Lipinski definition) is 0. The molecule has 0 spiro atoms. The summed E-state index contributed by atoms with van der Waals surface area (Å²) in [5, 5.41) is 4.28. The minimum Gasteiger partial charge on any atom is -0.290 e. The van der Waals surface area contributed by atoms with E-state index in [1.54, 1.807) is 12.1 Å². The Morgan fingerprint density at radius 1 is 1.15 bits per heavy atom. The highest BCUT2D eigenvalue weighted by atomic mass is 19.1. The van der Waals surface area contributed by atoms with E-state index in [1.165, 1.54) is 23.6 Å². The third kappa shape index (κ3) is 4.25. The Balaban J connectivity index is 1.56. The summed E-state index contributed by atoms with van der Waals surface area (Å²) in [6.45, 7) is 4.01. The molecule has 0 saturated carbocycles. The van der Waals surface area contributed by atoms with Gasteiger partial charge in [-0.15, -0.1) is 0 Å². The van der Waals surface area contributed by atoms with Crippen LogP contribution in [0, 0.1) is 12.7 Å². The van der Waals surface area contributed by atoms with Crippen molar-refractivity contribution in [2.24, 2.45) is 7.05 Å². The van der Waals surface area contributed by atoms with Gasteiger partial charge in [-0.1, -0.05) is 12.1 Å². The third-order valence-electron chi connectivity index (χ3n) is 5.18. The van der Waals surface area contributed by atoms with E-state index in [4.69, 9.17) is 4.98 Å². The number of hydrogen-bond acceptors (Lipinski definition) is 3. The molecule has 1 fully saturated rings. The van der Waals surface area contributed by atoms with Crippen LogP contribution in [-0.2, 0) is 20.0 Å². The van der Waals surface area contributed by atoms with E-state index in [2.05, 4.69) is 28.3 Å². The molecule has 1 aliphatic rings. The molecule has 3 aromatic rings. The number of aryl methyl sites for hydroxylation is 2. The van der Waals surface area contributed by atoms with Crippen molar-refractivity contribution in [3.8, 4) is 0 Å². The third-order valence-corrected chi connectivity index (χ3v) is 5.18. The van der Waals surface area contributed by atoms with Crippen LogP contribution in [0.3, 0.4) is 0 Å². The highest BCUT2D eigenvalue weighted by Crippen LogP contribution is 2.33. The fourth-order valence-corrected chi connectivity index (χ4v) is 4.06. The van der Waals surface area contributed by atoms with Crippen molar-refractivity contribution in [2.75, 3.05) is 6.54 Å². The van der Waals surface area contributed by atoms with Gasteiger partial charge in [0.15, 0.2) is 0 Å². The number of pyridine rings is 1. The van der Waals surface area contributed by atoms with E-state index >= 15 is 0 Å². The Labute approximate surface area is 159 Å². The average molecular weight is 364 g/mol. The van der Waals surface area contributed by atoms with Crippen LogP contribution in [-0.4, -0.2) is 26.2 Å². The number of benzene rings is 1. The lowest BCUT2D eigenvalue weighted by Crippen LogP contribution is -2.23. The number of aromatic nitrogens is 3. The molecule has 4 nitrogen and oxygen atoms in total. The van der Waals surface area contributed by atoms with Crippen LogP contribution in [0.5, 0.6) is 0 Å². The first-order chi connectivity index (χ1) is 13.1. The minimum absolute atomic E-state index is 0.183. The summed E-state index contributed by atoms with van der Waals surface area (Å²) in [7, 11) is 1.95. The number of halogens is 1. The fourth-order valence-electron chi connectivity index (χ4n) is 4.06. The summed E-state index contributed by atoms with van der Waals surface area (Å²) in [6, 6.07) is 11.5. The summed E-state index contributed by atoms with van der Waals surface area (Å²) in [4.78, 5) is 7.33. The predicted molar refractivity (Wildman–Crippen MR) is 104 cm³/mol. The van der Waals surface area contributed by atoms with Gasteiger partial charge in [0.25, 0.3) is 0 Å². The maximum atomic E-state index is 13.5. The van der Waals surface area contributed by atoms with Crippen LogP contribution in [0.4, 0.5) is 4.39 Å². The average Bonchev–Trinajstić information content (AvgIpc) is 3.24. The molecule has 0 amide bonds. The second-order valence-electron chi connectivity index (χ2n) is 7.50. The van der Waals surface area contributed by atoms with Crippen molar-refractivity contribution in [3.05, 3.63) is 82.7 Å². The first-order valence-corrected chi connectivity index (χ1v) is 9.50. The molecule has 27 heavy (non-hydrogen) atoms. The number of nitrogens with zero attached hydrogens (tertiary/aromatic N) is 4. The molecule has 0 radical (unpaired) electrons. The van der Waals surface area contributed by atoms with Gasteiger partial charge in [-0.05, 0) is 68.1 Å². The van der Waals surface area contributed by atoms with E-state index in [1.807, 2.05) is 30.9 Å². The lowest BCUT2D eigenvalue weighted by atomic mass is 10.0. The highest BCUT2D eigenvalue weighted by molar-refractivity contribution is 5.30. The zero-order valence-electron chi connectivity index (χ0n) is 15.9. The smallest absolute Gasteiger partial charge is 0.123 e. The predicted octanol–water partition coefficient (Wildman–Crippen LogP) is 4.19. The molecule has 3 heterocycles. The van der Waals surface area contributed by atoms with E-state index in [9.17, 15) is 4.39 Å². The Bertz CT molecular complexity index is 934. The molecule has 1 saturated heterocycles. The van der Waals surface area contributed by atoms with Crippen molar-refractivity contribution in [2.45, 2.75) is 38.8 Å². The van der Waals surface area contributed by atoms with Crippen LogP contribution in [0.15, 0.2) is 48.8 Å². The summed E-state index contributed by atoms with van der Waals surface area (Å²) < 4.78 is 15.4. The van der Waals surface area contributed by atoms with Crippen LogP contribution in [0.25, 0.3) is 0 Å². The zero-order chi connectivity index (χ0) is 18.8. The summed E-state index contributed by atoms with van der Waals surface area (Å²) in [6.07, 6.45) is 7.04. The molecule has 0 N–H and O–H groups in total. The van der Waals surface area contributed by atoms with Gasteiger partial charge in [-0.2, -0.15) is 5.10 Å². The van der Waals surface area contributed by atoms with Gasteiger partial charge in [0.2, 0.25) is 0 Å². The molecule has 140 valence electrons. The molecule has 0 aliphatic carbocycles. The Hall–Kier alpha value is -2.53. The number of rotatable bonds is 5. The SMILES string of the molecule is Cc1cc(Cc2cccc(F)c2)cc([C@H]2CCCN2Cc2cnn(C)c2)n1. The Morgan fingerprint density at radius 2 is 2.04 bits per heavy atom. The fraction of sp³-hybridized carbons (Fsp3) is 0.364. The monoisotopic (exact) mass is 364 g/mol. The zero-order valence-corrected chi connectivity index (χ0v) is 15.9. The quantitative estimate of drug-likeness (QED) is 0.681. The topological polar surface area (TPSA) is 34.0 Å². The van der Waals surface area contributed by atoms with Gasteiger partial charge < -0.3 is 0 Å². The van der Waals surface area contributed by atoms with E-state index in [0.29, 0.717) is 6.04 Å². The second kappa shape index (κ2) is 7.61. The van der Waals surface area contributed by atoms with Crippen molar-refractivity contribution in [1.82, 2.24) is 19.7 Å². The van der Waals surface area contributed by atoms with E-state index in [0.717, 1.165) is 42.9 Å². The molecule has 1 aliphatic heterocycles. The van der Waals surface area contributed by atoms with Gasteiger partial charge in [0.1, 0.15) is 5.82 Å². The molecular formula is C22H25FN4. The van der Waals surface area contributed by atoms with Gasteiger partial charge in [0.05, 0.1) is 17.9 Å². The van der Waals surface area contributed by atoms with Gasteiger partial charge in [0, 0.05) is 31.0 Å². The summed E-state index contributed by atoms with van der Waals surface area (Å²) >= 11 is 0. The van der Waals surface area contributed by atoms with Crippen LogP contribution in [0.1, 0.15) is 47.0 Å². The molecule has 5 heteroatoms. The van der Waals surface area contributed by atoms with Gasteiger partial charge >= 0.3 is 0 Å². The minimum atomic E-state index is -0.183. The molecular weight excluding hydrogens is 339 g/mol. The molecule has 1 aromatic carbocycles. The largest absolute Gasteiger partial charge is 0.290 e. The molecule has 2 aromatic heterocycles. The summed E-state index contributed by atoms with van der Waals surface area (Å²) in [5.74, 6) is -0.183. The van der Waals surface area contributed by atoms with E-state index in [-0.39, 0.29) is 5.82 Å². The van der Waals surface area contributed by atoms with Gasteiger partial charge in [-0.3, -0.25) is 14.6 Å². The maximum Gasteiger partial charge on any atom is 0.123 e. The van der Waals surface area contributed by atoms with Crippen LogP contribution >= 0.6 is 0 Å². The maximum absolute atomic E-state index is 13.5. The van der Waals surface area contributed by atoms with Crippen LogP contribution in [0.2, 0.25) is 0 Å². The molecule has 1 atom stereocenters. The van der Waals surface area contributed by atoms with E-state index < -0.39 is 0 Å². The lowest BCUT2D eigenvalue weighted by Gasteiger charge is -2.24. The van der Waals surface area contributed by atoms with Crippen molar-refractivity contribution < 1.29 is 4.39 Å². The Kier molecular flexibility index (Phi) is 5.03. The Morgan fingerprint density at radius 3 is 2.81 bits per heavy atom.